The Morgan fingerprint density at radius 3 is 2.95 bits per heavy atom. The molecular weight excluding hydrogens is 257 g/mol. The van der Waals surface area contributed by atoms with E-state index in [1.54, 1.807) is 11.0 Å². The molecule has 1 aromatic carbocycles. The number of nitrogens with one attached hydrogen (secondary N) is 1. The summed E-state index contributed by atoms with van der Waals surface area (Å²) in [6.07, 6.45) is 2.63. The zero-order valence-electron chi connectivity index (χ0n) is 11.9. The van der Waals surface area contributed by atoms with Crippen molar-refractivity contribution < 1.29 is 9.18 Å². The summed E-state index contributed by atoms with van der Waals surface area (Å²) < 4.78 is 14.3. The number of nitrogens with two attached hydrogens (primary N) is 1. The van der Waals surface area contributed by atoms with E-state index in [1.165, 1.54) is 6.07 Å². The lowest BCUT2D eigenvalue weighted by molar-refractivity contribution is -0.119. The number of hydrogen-bond acceptors (Lipinski definition) is 3. The average Bonchev–Trinajstić information content (AvgIpc) is 2.45. The quantitative estimate of drug-likeness (QED) is 0.864. The zero-order chi connectivity index (χ0) is 14.5. The molecule has 4 nitrogen and oxygen atoms in total. The van der Waals surface area contributed by atoms with Gasteiger partial charge in [0.15, 0.2) is 0 Å². The van der Waals surface area contributed by atoms with Crippen LogP contribution in [0.15, 0.2) is 18.2 Å². The number of anilines is 1. The highest BCUT2D eigenvalue weighted by Gasteiger charge is 2.28. The van der Waals surface area contributed by atoms with E-state index in [0.717, 1.165) is 24.9 Å². The fraction of sp³-hybridized carbons (Fsp3) is 0.533. The first-order chi connectivity index (χ1) is 9.63. The number of halogens is 1. The van der Waals surface area contributed by atoms with Crippen molar-refractivity contribution in [2.45, 2.75) is 38.8 Å². The fourth-order valence-corrected chi connectivity index (χ4v) is 2.68. The van der Waals surface area contributed by atoms with Gasteiger partial charge >= 0.3 is 0 Å². The minimum Gasteiger partial charge on any atom is -0.368 e. The normalized spacial score (nSPS) is 19.1. The van der Waals surface area contributed by atoms with Crippen LogP contribution in [0.1, 0.15) is 31.7 Å². The van der Waals surface area contributed by atoms with Gasteiger partial charge < -0.3 is 16.0 Å². The molecule has 110 valence electrons. The van der Waals surface area contributed by atoms with E-state index in [2.05, 4.69) is 5.32 Å². The van der Waals surface area contributed by atoms with E-state index in [9.17, 15) is 9.18 Å². The molecule has 0 bridgehead atoms. The summed E-state index contributed by atoms with van der Waals surface area (Å²) in [7, 11) is 0. The number of hydrogen-bond donors (Lipinski definition) is 2. The number of carbonyl (C=O) groups is 1. The van der Waals surface area contributed by atoms with Gasteiger partial charge in [0, 0.05) is 13.1 Å². The lowest BCUT2D eigenvalue weighted by atomic mass is 10.00. The van der Waals surface area contributed by atoms with Gasteiger partial charge in [-0.25, -0.2) is 4.39 Å². The smallest absolute Gasteiger partial charge is 0.240 e. The fourth-order valence-electron chi connectivity index (χ4n) is 2.68. The van der Waals surface area contributed by atoms with Crippen LogP contribution in [0.4, 0.5) is 10.1 Å². The Labute approximate surface area is 119 Å². The molecule has 1 amide bonds. The van der Waals surface area contributed by atoms with Crippen molar-refractivity contribution >= 4 is 11.6 Å². The van der Waals surface area contributed by atoms with E-state index in [-0.39, 0.29) is 11.7 Å². The molecule has 1 fully saturated rings. The Morgan fingerprint density at radius 1 is 1.50 bits per heavy atom. The molecule has 1 aliphatic heterocycles. The van der Waals surface area contributed by atoms with Crippen molar-refractivity contribution in [2.24, 2.45) is 5.73 Å². The Bertz CT molecular complexity index is 478. The van der Waals surface area contributed by atoms with Crippen LogP contribution in [0.3, 0.4) is 0 Å². The third-order valence-electron chi connectivity index (χ3n) is 3.73. The lowest BCUT2D eigenvalue weighted by Crippen LogP contribution is -2.48. The summed E-state index contributed by atoms with van der Waals surface area (Å²) in [5, 5.41) is 3.16. The van der Waals surface area contributed by atoms with Gasteiger partial charge in [-0.1, -0.05) is 13.0 Å². The average molecular weight is 279 g/mol. The number of primary amides is 1. The molecule has 3 N–H and O–H groups in total. The monoisotopic (exact) mass is 279 g/mol. The molecule has 2 rings (SSSR count). The molecule has 1 atom stereocenters. The predicted octanol–water partition coefficient (Wildman–Crippen LogP) is 1.78. The lowest BCUT2D eigenvalue weighted by Gasteiger charge is -2.35. The van der Waals surface area contributed by atoms with Gasteiger partial charge in [-0.15, -0.1) is 0 Å². The molecule has 0 spiro atoms. The number of nitrogens with zero attached hydrogens (tertiary/aromatic N) is 1. The van der Waals surface area contributed by atoms with Gasteiger partial charge in [-0.05, 0) is 43.5 Å². The molecule has 0 aliphatic carbocycles. The van der Waals surface area contributed by atoms with Gasteiger partial charge in [0.05, 0.1) is 5.69 Å². The van der Waals surface area contributed by atoms with Crippen LogP contribution in [0, 0.1) is 5.82 Å². The van der Waals surface area contributed by atoms with Gasteiger partial charge in [0.1, 0.15) is 11.9 Å². The van der Waals surface area contributed by atoms with Gasteiger partial charge in [0.2, 0.25) is 5.91 Å². The Balaban J connectivity index is 2.20. The molecule has 0 aromatic heterocycles. The summed E-state index contributed by atoms with van der Waals surface area (Å²) in [6.45, 7) is 4.18. The maximum Gasteiger partial charge on any atom is 0.240 e. The van der Waals surface area contributed by atoms with Crippen LogP contribution in [-0.2, 0) is 11.3 Å². The van der Waals surface area contributed by atoms with Gasteiger partial charge in [-0.2, -0.15) is 0 Å². The first kappa shape index (κ1) is 14.8. The first-order valence-corrected chi connectivity index (χ1v) is 7.18. The highest BCUT2D eigenvalue weighted by atomic mass is 19.1. The molecule has 5 heteroatoms. The van der Waals surface area contributed by atoms with E-state index in [4.69, 9.17) is 5.73 Å². The van der Waals surface area contributed by atoms with Crippen molar-refractivity contribution in [1.82, 2.24) is 5.32 Å². The minimum absolute atomic E-state index is 0.284. The molecule has 0 radical (unpaired) electrons. The molecule has 0 saturated carbocycles. The van der Waals surface area contributed by atoms with E-state index in [1.807, 2.05) is 13.0 Å². The van der Waals surface area contributed by atoms with Crippen molar-refractivity contribution in [2.75, 3.05) is 18.0 Å². The topological polar surface area (TPSA) is 58.4 Å². The Hall–Kier alpha value is -1.62. The van der Waals surface area contributed by atoms with Gasteiger partial charge in [0.25, 0.3) is 0 Å². The maximum absolute atomic E-state index is 14.3. The van der Waals surface area contributed by atoms with Gasteiger partial charge in [-0.3, -0.25) is 4.79 Å². The highest BCUT2D eigenvalue weighted by Crippen LogP contribution is 2.27. The van der Waals surface area contributed by atoms with Crippen molar-refractivity contribution in [1.29, 1.82) is 0 Å². The molecule has 1 saturated heterocycles. The minimum atomic E-state index is -0.391. The molecular formula is C15H22FN3O. The number of piperidine rings is 1. The van der Waals surface area contributed by atoms with E-state index in [0.29, 0.717) is 25.2 Å². The zero-order valence-corrected chi connectivity index (χ0v) is 11.9. The maximum atomic E-state index is 14.3. The van der Waals surface area contributed by atoms with Crippen LogP contribution >= 0.6 is 0 Å². The van der Waals surface area contributed by atoms with E-state index < -0.39 is 6.04 Å². The Kier molecular flexibility index (Phi) is 4.95. The van der Waals surface area contributed by atoms with Crippen LogP contribution < -0.4 is 16.0 Å². The highest BCUT2D eigenvalue weighted by molar-refractivity contribution is 5.84. The third kappa shape index (κ3) is 3.28. The second-order valence-corrected chi connectivity index (χ2v) is 5.17. The number of carbonyl (C=O) groups excluding carboxylic acids is 1. The number of rotatable bonds is 5. The molecule has 20 heavy (non-hydrogen) atoms. The van der Waals surface area contributed by atoms with Crippen molar-refractivity contribution in [3.05, 3.63) is 29.6 Å². The van der Waals surface area contributed by atoms with Crippen molar-refractivity contribution in [3.8, 4) is 0 Å². The largest absolute Gasteiger partial charge is 0.368 e. The first-order valence-electron chi connectivity index (χ1n) is 7.18. The van der Waals surface area contributed by atoms with Crippen LogP contribution in [0.5, 0.6) is 0 Å². The Morgan fingerprint density at radius 2 is 2.30 bits per heavy atom. The third-order valence-corrected chi connectivity index (χ3v) is 3.73. The molecule has 1 unspecified atom stereocenters. The summed E-state index contributed by atoms with van der Waals surface area (Å²) in [5.74, 6) is -0.658. The molecule has 1 heterocycles. The standard InChI is InChI=1S/C15H22FN3O/c1-2-18-10-11-6-7-13(12(16)9-11)19-8-4-3-5-14(19)15(17)20/h6-7,9,14,18H,2-5,8,10H2,1H3,(H2,17,20). The second-order valence-electron chi connectivity index (χ2n) is 5.17. The number of benzene rings is 1. The van der Waals surface area contributed by atoms with E-state index >= 15 is 0 Å². The molecule has 1 aliphatic rings. The van der Waals surface area contributed by atoms with Crippen LogP contribution in [0.25, 0.3) is 0 Å². The summed E-state index contributed by atoms with van der Waals surface area (Å²) >= 11 is 0. The van der Waals surface area contributed by atoms with Crippen molar-refractivity contribution in [3.63, 3.8) is 0 Å². The summed E-state index contributed by atoms with van der Waals surface area (Å²) in [5.41, 5.74) is 6.81. The predicted molar refractivity (Wildman–Crippen MR) is 78.0 cm³/mol. The second kappa shape index (κ2) is 6.70. The number of amides is 1. The van der Waals surface area contributed by atoms with Crippen LogP contribution in [0.2, 0.25) is 0 Å². The molecule has 1 aromatic rings. The summed E-state index contributed by atoms with van der Waals surface area (Å²) in [4.78, 5) is 13.3. The summed E-state index contributed by atoms with van der Waals surface area (Å²) in [6, 6.07) is 4.79. The SMILES string of the molecule is CCNCc1ccc(N2CCCCC2C(N)=O)c(F)c1. The van der Waals surface area contributed by atoms with Crippen LogP contribution in [-0.4, -0.2) is 25.0 Å².